The normalized spacial score (nSPS) is 20.9. The van der Waals surface area contributed by atoms with Crippen molar-refractivity contribution in [3.8, 4) is 0 Å². The molecule has 0 bridgehead atoms. The Balaban J connectivity index is 1.51. The maximum atomic E-state index is 12.6. The van der Waals surface area contributed by atoms with E-state index in [1.165, 1.54) is 0 Å². The van der Waals surface area contributed by atoms with Crippen molar-refractivity contribution in [1.29, 1.82) is 0 Å². The van der Waals surface area contributed by atoms with Gasteiger partial charge in [-0.15, -0.1) is 0 Å². The van der Waals surface area contributed by atoms with Crippen LogP contribution < -0.4 is 0 Å². The lowest BCUT2D eigenvalue weighted by Crippen LogP contribution is -2.46. The van der Waals surface area contributed by atoms with E-state index in [2.05, 4.69) is 4.90 Å². The van der Waals surface area contributed by atoms with Crippen LogP contribution in [-0.4, -0.2) is 60.0 Å². The minimum atomic E-state index is -4.29. The van der Waals surface area contributed by atoms with Crippen molar-refractivity contribution in [2.75, 3.05) is 33.2 Å². The van der Waals surface area contributed by atoms with Crippen LogP contribution in [0.4, 0.5) is 18.0 Å². The molecule has 2 amide bonds. The Morgan fingerprint density at radius 2 is 1.67 bits per heavy atom. The number of urea groups is 1. The fourth-order valence-corrected chi connectivity index (χ4v) is 3.45. The van der Waals surface area contributed by atoms with E-state index in [1.807, 2.05) is 11.9 Å². The van der Waals surface area contributed by atoms with Gasteiger partial charge in [0.1, 0.15) is 0 Å². The van der Waals surface area contributed by atoms with Crippen LogP contribution in [0.5, 0.6) is 0 Å². The van der Waals surface area contributed by atoms with Crippen LogP contribution in [0.1, 0.15) is 24.0 Å². The van der Waals surface area contributed by atoms with Gasteiger partial charge in [0.25, 0.3) is 0 Å². The lowest BCUT2D eigenvalue weighted by atomic mass is 10.0. The van der Waals surface area contributed by atoms with E-state index in [-0.39, 0.29) is 12.1 Å². The predicted molar refractivity (Wildman–Crippen MR) is 84.5 cm³/mol. The number of likely N-dealkylation sites (tertiary alicyclic amines) is 1. The van der Waals surface area contributed by atoms with Gasteiger partial charge in [-0.3, -0.25) is 4.90 Å². The van der Waals surface area contributed by atoms with Crippen molar-refractivity contribution in [2.45, 2.75) is 31.6 Å². The average molecular weight is 341 g/mol. The predicted octanol–water partition coefficient (Wildman–Crippen LogP) is 3.04. The summed E-state index contributed by atoms with van der Waals surface area (Å²) in [5.74, 6) is 0. The molecule has 24 heavy (non-hydrogen) atoms. The van der Waals surface area contributed by atoms with Gasteiger partial charge >= 0.3 is 12.2 Å². The summed E-state index contributed by atoms with van der Waals surface area (Å²) >= 11 is 0. The first-order valence-electron chi connectivity index (χ1n) is 8.25. The zero-order valence-electron chi connectivity index (χ0n) is 13.7. The minimum absolute atomic E-state index is 0.108. The van der Waals surface area contributed by atoms with Crippen LogP contribution in [0, 0.1) is 0 Å². The molecule has 2 aliphatic heterocycles. The van der Waals surface area contributed by atoms with Crippen molar-refractivity contribution < 1.29 is 18.0 Å². The van der Waals surface area contributed by atoms with E-state index in [0.717, 1.165) is 56.7 Å². The smallest absolute Gasteiger partial charge is 0.326 e. The Bertz CT molecular complexity index is 580. The van der Waals surface area contributed by atoms with Gasteiger partial charge < -0.3 is 9.80 Å². The quantitative estimate of drug-likeness (QED) is 0.845. The first-order chi connectivity index (χ1) is 11.3. The van der Waals surface area contributed by atoms with E-state index in [1.54, 1.807) is 17.0 Å². The molecule has 0 unspecified atom stereocenters. The zero-order chi connectivity index (χ0) is 17.3. The number of carbonyl (C=O) groups excluding carboxylic acids is 1. The molecule has 0 spiro atoms. The summed E-state index contributed by atoms with van der Waals surface area (Å²) in [6.07, 6.45) is -2.45. The molecule has 0 aromatic heterocycles. The van der Waals surface area contributed by atoms with Crippen LogP contribution >= 0.6 is 0 Å². The van der Waals surface area contributed by atoms with Gasteiger partial charge in [-0.1, -0.05) is 12.1 Å². The molecule has 0 radical (unpaired) electrons. The summed E-state index contributed by atoms with van der Waals surface area (Å²) in [4.78, 5) is 18.0. The number of halogens is 3. The van der Waals surface area contributed by atoms with Gasteiger partial charge in [-0.05, 0) is 30.5 Å². The Hall–Kier alpha value is -1.76. The molecule has 4 nitrogen and oxygen atoms in total. The molecular formula is C17H22F3N3O. The summed E-state index contributed by atoms with van der Waals surface area (Å²) < 4.78 is 37.7. The molecule has 7 heteroatoms. The molecule has 1 aromatic carbocycles. The highest BCUT2D eigenvalue weighted by atomic mass is 19.4. The second-order valence-corrected chi connectivity index (χ2v) is 6.60. The van der Waals surface area contributed by atoms with Crippen molar-refractivity contribution in [1.82, 2.24) is 14.7 Å². The van der Waals surface area contributed by atoms with Crippen LogP contribution in [0.15, 0.2) is 24.3 Å². The molecule has 3 rings (SSSR count). The first-order valence-corrected chi connectivity index (χ1v) is 8.25. The second-order valence-electron chi connectivity index (χ2n) is 6.60. The van der Waals surface area contributed by atoms with E-state index in [4.69, 9.17) is 0 Å². The molecule has 0 saturated carbocycles. The van der Waals surface area contributed by atoms with Gasteiger partial charge in [-0.25, -0.2) is 4.79 Å². The van der Waals surface area contributed by atoms with Crippen LogP contribution in [0.25, 0.3) is 0 Å². The summed E-state index contributed by atoms with van der Waals surface area (Å²) in [7, 11) is 1.82. The summed E-state index contributed by atoms with van der Waals surface area (Å²) in [6, 6.07) is 5.77. The molecule has 2 fully saturated rings. The molecule has 132 valence electrons. The second kappa shape index (κ2) is 6.63. The highest BCUT2D eigenvalue weighted by molar-refractivity contribution is 5.76. The molecule has 2 aliphatic rings. The minimum Gasteiger partial charge on any atom is -0.326 e. The molecule has 0 N–H and O–H groups in total. The Morgan fingerprint density at radius 1 is 1.04 bits per heavy atom. The highest BCUT2D eigenvalue weighted by Gasteiger charge is 2.33. The monoisotopic (exact) mass is 341 g/mol. The molecule has 0 atom stereocenters. The average Bonchev–Trinajstić information content (AvgIpc) is 2.88. The Labute approximate surface area is 139 Å². The maximum absolute atomic E-state index is 12.6. The SMILES string of the molecule is CN1CCN(C2CCN(Cc3ccc(C(F)(F)F)cc3)CC2)C1=O. The number of likely N-dealkylation sites (N-methyl/N-ethyl adjacent to an activating group) is 1. The number of amides is 2. The Morgan fingerprint density at radius 3 is 2.17 bits per heavy atom. The standard InChI is InChI=1S/C17H22F3N3O/c1-21-10-11-23(16(21)24)15-6-8-22(9-7-15)12-13-2-4-14(5-3-13)17(18,19)20/h2-5,15H,6-12H2,1H3. The molecule has 2 saturated heterocycles. The number of nitrogens with zero attached hydrogens (tertiary/aromatic N) is 3. The topological polar surface area (TPSA) is 26.8 Å². The number of benzene rings is 1. The highest BCUT2D eigenvalue weighted by Crippen LogP contribution is 2.29. The fourth-order valence-electron chi connectivity index (χ4n) is 3.45. The molecule has 0 aliphatic carbocycles. The Kier molecular flexibility index (Phi) is 4.71. The van der Waals surface area contributed by atoms with E-state index in [9.17, 15) is 18.0 Å². The van der Waals surface area contributed by atoms with Crippen LogP contribution in [-0.2, 0) is 12.7 Å². The van der Waals surface area contributed by atoms with Crippen LogP contribution in [0.2, 0.25) is 0 Å². The maximum Gasteiger partial charge on any atom is 0.416 e. The lowest BCUT2D eigenvalue weighted by Gasteiger charge is -2.36. The lowest BCUT2D eigenvalue weighted by molar-refractivity contribution is -0.137. The van der Waals surface area contributed by atoms with E-state index >= 15 is 0 Å². The fraction of sp³-hybridized carbons (Fsp3) is 0.588. The number of rotatable bonds is 3. The van der Waals surface area contributed by atoms with Gasteiger partial charge in [0, 0.05) is 45.8 Å². The van der Waals surface area contributed by atoms with E-state index < -0.39 is 11.7 Å². The summed E-state index contributed by atoms with van der Waals surface area (Å²) in [6.45, 7) is 3.95. The van der Waals surface area contributed by atoms with Crippen molar-refractivity contribution in [2.24, 2.45) is 0 Å². The number of piperidine rings is 1. The summed E-state index contributed by atoms with van der Waals surface area (Å²) in [5, 5.41) is 0. The third-order valence-electron chi connectivity index (χ3n) is 4.93. The van der Waals surface area contributed by atoms with Crippen molar-refractivity contribution in [3.63, 3.8) is 0 Å². The van der Waals surface area contributed by atoms with Gasteiger partial charge in [0.05, 0.1) is 5.56 Å². The first kappa shape index (κ1) is 17.1. The van der Waals surface area contributed by atoms with Gasteiger partial charge in [0.15, 0.2) is 0 Å². The number of alkyl halides is 3. The number of carbonyl (C=O) groups is 1. The van der Waals surface area contributed by atoms with Gasteiger partial charge in [0.2, 0.25) is 0 Å². The molecule has 1 aromatic rings. The van der Waals surface area contributed by atoms with Crippen LogP contribution in [0.3, 0.4) is 0 Å². The van der Waals surface area contributed by atoms with Gasteiger partial charge in [-0.2, -0.15) is 13.2 Å². The third-order valence-corrected chi connectivity index (χ3v) is 4.93. The van der Waals surface area contributed by atoms with E-state index in [0.29, 0.717) is 6.54 Å². The largest absolute Gasteiger partial charge is 0.416 e. The number of hydrogen-bond donors (Lipinski definition) is 0. The third kappa shape index (κ3) is 3.66. The summed E-state index contributed by atoms with van der Waals surface area (Å²) in [5.41, 5.74) is 0.278. The van der Waals surface area contributed by atoms with Crippen molar-refractivity contribution in [3.05, 3.63) is 35.4 Å². The molecule has 2 heterocycles. The van der Waals surface area contributed by atoms with Crippen molar-refractivity contribution >= 4 is 6.03 Å². The molecular weight excluding hydrogens is 319 g/mol. The zero-order valence-corrected chi connectivity index (χ0v) is 13.7. The number of hydrogen-bond acceptors (Lipinski definition) is 2.